The van der Waals surface area contributed by atoms with Crippen LogP contribution in [0.25, 0.3) is 0 Å². The molecule has 0 unspecified atom stereocenters. The lowest BCUT2D eigenvalue weighted by molar-refractivity contribution is -0.130. The Morgan fingerprint density at radius 1 is 1.32 bits per heavy atom. The van der Waals surface area contributed by atoms with E-state index in [1.807, 2.05) is 0 Å². The third-order valence-electron chi connectivity index (χ3n) is 2.71. The fraction of sp³-hybridized carbons (Fsp3) is 0.250. The highest BCUT2D eigenvalue weighted by Gasteiger charge is 2.26. The van der Waals surface area contributed by atoms with Crippen LogP contribution in [0.2, 0.25) is 0 Å². The first kappa shape index (κ1) is 12.9. The lowest BCUT2D eigenvalue weighted by Gasteiger charge is -2.28. The van der Waals surface area contributed by atoms with Crippen LogP contribution in [-0.2, 0) is 14.3 Å². The predicted octanol–water partition coefficient (Wildman–Crippen LogP) is -0.482. The van der Waals surface area contributed by atoms with Gasteiger partial charge in [0.05, 0.1) is 31.5 Å². The number of ether oxygens (including phenoxy) is 1. The number of amides is 2. The van der Waals surface area contributed by atoms with Gasteiger partial charge in [0.25, 0.3) is 0 Å². The molecule has 2 rings (SSSR count). The molecule has 0 aromatic heterocycles. The summed E-state index contributed by atoms with van der Waals surface area (Å²) in [6, 6.07) is 4.64. The Bertz CT molecular complexity index is 540. The van der Waals surface area contributed by atoms with E-state index in [-0.39, 0.29) is 18.7 Å². The van der Waals surface area contributed by atoms with Crippen LogP contribution in [0.1, 0.15) is 10.4 Å². The lowest BCUT2D eigenvalue weighted by Crippen LogP contribution is -2.51. The number of hydrogen-bond acceptors (Lipinski definition) is 6. The van der Waals surface area contributed by atoms with Gasteiger partial charge in [-0.1, -0.05) is 0 Å². The Kier molecular flexibility index (Phi) is 3.37. The standard InChI is InChI=1S/C12H13N3O4/c1-19-12(18)8-4-7(13)2-3-9(8)15-5-10(16)14-11(17)6-15/h2-4H,5-6,13H2,1H3,(H,14,16,17). The minimum absolute atomic E-state index is 0.000345. The number of carbonyl (C=O) groups is 3. The first-order chi connectivity index (χ1) is 9.01. The van der Waals surface area contributed by atoms with Crippen molar-refractivity contribution in [3.63, 3.8) is 0 Å². The first-order valence-electron chi connectivity index (χ1n) is 5.56. The van der Waals surface area contributed by atoms with Crippen molar-refractivity contribution in [1.29, 1.82) is 0 Å². The van der Waals surface area contributed by atoms with Crippen LogP contribution in [0.4, 0.5) is 11.4 Å². The molecule has 1 aromatic carbocycles. The Morgan fingerprint density at radius 3 is 2.53 bits per heavy atom. The van der Waals surface area contributed by atoms with E-state index in [1.165, 1.54) is 18.1 Å². The fourth-order valence-electron chi connectivity index (χ4n) is 1.91. The van der Waals surface area contributed by atoms with Crippen molar-refractivity contribution in [2.24, 2.45) is 0 Å². The second-order valence-corrected chi connectivity index (χ2v) is 4.10. The number of carbonyl (C=O) groups excluding carboxylic acids is 3. The molecular weight excluding hydrogens is 250 g/mol. The Labute approximate surface area is 109 Å². The summed E-state index contributed by atoms with van der Waals surface area (Å²) in [6.07, 6.45) is 0. The molecule has 19 heavy (non-hydrogen) atoms. The largest absolute Gasteiger partial charge is 0.465 e. The molecule has 0 bridgehead atoms. The number of hydrogen-bond donors (Lipinski definition) is 2. The van der Waals surface area contributed by atoms with Crippen molar-refractivity contribution >= 4 is 29.2 Å². The molecule has 7 heteroatoms. The summed E-state index contributed by atoms with van der Waals surface area (Å²) in [5, 5.41) is 2.19. The van der Waals surface area contributed by atoms with Gasteiger partial charge in [-0.25, -0.2) is 4.79 Å². The van der Waals surface area contributed by atoms with Gasteiger partial charge in [0.15, 0.2) is 0 Å². The second-order valence-electron chi connectivity index (χ2n) is 4.10. The summed E-state index contributed by atoms with van der Waals surface area (Å²) < 4.78 is 4.67. The number of nitrogens with two attached hydrogens (primary N) is 1. The van der Waals surface area contributed by atoms with E-state index in [9.17, 15) is 14.4 Å². The molecule has 0 spiro atoms. The van der Waals surface area contributed by atoms with Crippen molar-refractivity contribution in [2.75, 3.05) is 30.8 Å². The minimum atomic E-state index is -0.569. The number of imide groups is 1. The maximum atomic E-state index is 11.7. The molecule has 1 heterocycles. The summed E-state index contributed by atoms with van der Waals surface area (Å²) >= 11 is 0. The monoisotopic (exact) mass is 263 g/mol. The van der Waals surface area contributed by atoms with Gasteiger partial charge in [0.2, 0.25) is 11.8 Å². The van der Waals surface area contributed by atoms with Gasteiger partial charge in [-0.3, -0.25) is 14.9 Å². The molecule has 1 aliphatic rings. The van der Waals surface area contributed by atoms with E-state index >= 15 is 0 Å². The molecule has 0 atom stereocenters. The number of nitrogen functional groups attached to an aromatic ring is 1. The van der Waals surface area contributed by atoms with Crippen molar-refractivity contribution < 1.29 is 19.1 Å². The van der Waals surface area contributed by atoms with Crippen LogP contribution < -0.4 is 16.0 Å². The topological polar surface area (TPSA) is 102 Å². The molecular formula is C12H13N3O4. The smallest absolute Gasteiger partial charge is 0.340 e. The van der Waals surface area contributed by atoms with Gasteiger partial charge in [-0.05, 0) is 18.2 Å². The van der Waals surface area contributed by atoms with Crippen molar-refractivity contribution in [1.82, 2.24) is 5.32 Å². The van der Waals surface area contributed by atoms with E-state index in [1.54, 1.807) is 12.1 Å². The quantitative estimate of drug-likeness (QED) is 0.424. The number of esters is 1. The van der Waals surface area contributed by atoms with Gasteiger partial charge in [-0.2, -0.15) is 0 Å². The molecule has 0 aliphatic carbocycles. The third kappa shape index (κ3) is 2.65. The molecule has 1 aliphatic heterocycles. The first-order valence-corrected chi connectivity index (χ1v) is 5.56. The van der Waals surface area contributed by atoms with Crippen LogP contribution in [0.3, 0.4) is 0 Å². The molecule has 0 saturated carbocycles. The molecule has 1 saturated heterocycles. The van der Waals surface area contributed by atoms with Crippen molar-refractivity contribution in [3.8, 4) is 0 Å². The van der Waals surface area contributed by atoms with Gasteiger partial charge in [0, 0.05) is 5.69 Å². The molecule has 0 radical (unpaired) electrons. The lowest BCUT2D eigenvalue weighted by atomic mass is 10.1. The normalized spacial score (nSPS) is 15.1. The van der Waals surface area contributed by atoms with Crippen LogP contribution >= 0.6 is 0 Å². The third-order valence-corrected chi connectivity index (χ3v) is 2.71. The summed E-state index contributed by atoms with van der Waals surface area (Å²) in [5.41, 5.74) is 6.71. The average molecular weight is 263 g/mol. The number of benzene rings is 1. The SMILES string of the molecule is COC(=O)c1cc(N)ccc1N1CC(=O)NC(=O)C1. The Hall–Kier alpha value is -2.57. The van der Waals surface area contributed by atoms with Crippen LogP contribution in [-0.4, -0.2) is 38.0 Å². The van der Waals surface area contributed by atoms with Gasteiger partial charge >= 0.3 is 5.97 Å². The van der Waals surface area contributed by atoms with Gasteiger partial charge in [0.1, 0.15) is 0 Å². The van der Waals surface area contributed by atoms with Crippen LogP contribution in [0.15, 0.2) is 18.2 Å². The second kappa shape index (κ2) is 4.97. The molecule has 3 N–H and O–H groups in total. The highest BCUT2D eigenvalue weighted by atomic mass is 16.5. The van der Waals surface area contributed by atoms with Crippen molar-refractivity contribution in [2.45, 2.75) is 0 Å². The number of piperazine rings is 1. The minimum Gasteiger partial charge on any atom is -0.465 e. The van der Waals surface area contributed by atoms with Gasteiger partial charge in [-0.15, -0.1) is 0 Å². The van der Waals surface area contributed by atoms with Crippen LogP contribution in [0, 0.1) is 0 Å². The van der Waals surface area contributed by atoms with Gasteiger partial charge < -0.3 is 15.4 Å². The Balaban J connectivity index is 2.41. The molecule has 100 valence electrons. The number of methoxy groups -OCH3 is 1. The molecule has 7 nitrogen and oxygen atoms in total. The number of nitrogens with zero attached hydrogens (tertiary/aromatic N) is 1. The molecule has 2 amide bonds. The summed E-state index contributed by atoms with van der Waals surface area (Å²) in [5.74, 6) is -1.39. The van der Waals surface area contributed by atoms with Crippen molar-refractivity contribution in [3.05, 3.63) is 23.8 Å². The highest BCUT2D eigenvalue weighted by Crippen LogP contribution is 2.24. The Morgan fingerprint density at radius 2 is 1.95 bits per heavy atom. The summed E-state index contributed by atoms with van der Waals surface area (Å²) in [4.78, 5) is 35.9. The van der Waals surface area contributed by atoms with E-state index in [4.69, 9.17) is 5.73 Å². The maximum Gasteiger partial charge on any atom is 0.340 e. The van der Waals surface area contributed by atoms with E-state index in [0.717, 1.165) is 0 Å². The summed E-state index contributed by atoms with van der Waals surface area (Å²) in [6.45, 7) is -0.000690. The zero-order chi connectivity index (χ0) is 14.0. The summed E-state index contributed by atoms with van der Waals surface area (Å²) in [7, 11) is 1.25. The molecule has 1 fully saturated rings. The zero-order valence-electron chi connectivity index (χ0n) is 10.3. The number of nitrogens with one attached hydrogen (secondary N) is 1. The van der Waals surface area contributed by atoms with E-state index in [2.05, 4.69) is 10.1 Å². The predicted molar refractivity (Wildman–Crippen MR) is 67.6 cm³/mol. The maximum absolute atomic E-state index is 11.7. The zero-order valence-corrected chi connectivity index (χ0v) is 10.3. The highest BCUT2D eigenvalue weighted by molar-refractivity contribution is 6.05. The van der Waals surface area contributed by atoms with E-state index in [0.29, 0.717) is 11.4 Å². The van der Waals surface area contributed by atoms with E-state index < -0.39 is 17.8 Å². The average Bonchev–Trinajstić information content (AvgIpc) is 2.36. The number of anilines is 2. The molecule has 1 aromatic rings. The fourth-order valence-corrected chi connectivity index (χ4v) is 1.91. The van der Waals surface area contributed by atoms with Crippen LogP contribution in [0.5, 0.6) is 0 Å². The number of rotatable bonds is 2.